The summed E-state index contributed by atoms with van der Waals surface area (Å²) < 4.78 is 30.3. The first-order chi connectivity index (χ1) is 20.7. The Kier molecular flexibility index (Phi) is 10.8. The molecular formula is C30H27BrFN3O7S. The summed E-state index contributed by atoms with van der Waals surface area (Å²) in [5.41, 5.74) is 1.43. The van der Waals surface area contributed by atoms with Crippen LogP contribution in [-0.4, -0.2) is 54.2 Å². The van der Waals surface area contributed by atoms with Crippen LogP contribution >= 0.6 is 27.7 Å². The second-order valence-electron chi connectivity index (χ2n) is 8.88. The SMILES string of the molecule is CCOc1ccc(NC(=O)CN2C(=O)S/C(=C/c3cc(Br)c(OCC(=O)Nc4ccc(F)cc4)c(OCC)c3)C2=O)cc1. The maximum Gasteiger partial charge on any atom is 0.294 e. The molecule has 1 aliphatic rings. The fourth-order valence-electron chi connectivity index (χ4n) is 3.88. The molecule has 4 rings (SSSR count). The molecule has 0 unspecified atom stereocenters. The predicted molar refractivity (Wildman–Crippen MR) is 165 cm³/mol. The molecule has 1 heterocycles. The summed E-state index contributed by atoms with van der Waals surface area (Å²) in [5, 5.41) is 4.70. The van der Waals surface area contributed by atoms with Gasteiger partial charge in [0.05, 0.1) is 22.6 Å². The van der Waals surface area contributed by atoms with Crippen molar-refractivity contribution >= 4 is 68.1 Å². The zero-order chi connectivity index (χ0) is 30.9. The highest BCUT2D eigenvalue weighted by Crippen LogP contribution is 2.39. The molecule has 3 aromatic rings. The molecule has 43 heavy (non-hydrogen) atoms. The van der Waals surface area contributed by atoms with E-state index in [1.807, 2.05) is 6.92 Å². The molecule has 1 aliphatic heterocycles. The summed E-state index contributed by atoms with van der Waals surface area (Å²) in [5.74, 6) is -0.815. The van der Waals surface area contributed by atoms with Crippen LogP contribution in [0.5, 0.6) is 17.2 Å². The molecule has 4 amide bonds. The first-order valence-electron chi connectivity index (χ1n) is 13.1. The van der Waals surface area contributed by atoms with Gasteiger partial charge in [-0.3, -0.25) is 24.1 Å². The average molecular weight is 673 g/mol. The van der Waals surface area contributed by atoms with Gasteiger partial charge in [0.1, 0.15) is 18.1 Å². The van der Waals surface area contributed by atoms with Gasteiger partial charge < -0.3 is 24.8 Å². The third kappa shape index (κ3) is 8.58. The van der Waals surface area contributed by atoms with Gasteiger partial charge in [0.15, 0.2) is 18.1 Å². The number of hydrogen-bond acceptors (Lipinski definition) is 8. The van der Waals surface area contributed by atoms with Gasteiger partial charge in [-0.05, 0) is 114 Å². The number of thioether (sulfide) groups is 1. The van der Waals surface area contributed by atoms with Crippen molar-refractivity contribution < 1.29 is 37.8 Å². The summed E-state index contributed by atoms with van der Waals surface area (Å²) >= 11 is 4.14. The topological polar surface area (TPSA) is 123 Å². The van der Waals surface area contributed by atoms with Crippen LogP contribution < -0.4 is 24.8 Å². The third-order valence-corrected chi connectivity index (χ3v) is 7.23. The molecular weight excluding hydrogens is 645 g/mol. The number of imide groups is 1. The molecule has 0 radical (unpaired) electrons. The Morgan fingerprint density at radius 3 is 2.19 bits per heavy atom. The van der Waals surface area contributed by atoms with E-state index in [9.17, 15) is 23.6 Å². The van der Waals surface area contributed by atoms with Crippen molar-refractivity contribution in [2.24, 2.45) is 0 Å². The Hall–Kier alpha value is -4.36. The molecule has 0 bridgehead atoms. The first kappa shape index (κ1) is 31.6. The summed E-state index contributed by atoms with van der Waals surface area (Å²) in [6, 6.07) is 15.3. The Morgan fingerprint density at radius 1 is 0.907 bits per heavy atom. The molecule has 0 saturated carbocycles. The monoisotopic (exact) mass is 671 g/mol. The van der Waals surface area contributed by atoms with Crippen molar-refractivity contribution in [2.45, 2.75) is 13.8 Å². The number of nitrogens with one attached hydrogen (secondary N) is 2. The number of nitrogens with zero attached hydrogens (tertiary/aromatic N) is 1. The minimum absolute atomic E-state index is 0.126. The van der Waals surface area contributed by atoms with Crippen molar-refractivity contribution in [3.8, 4) is 17.2 Å². The third-order valence-electron chi connectivity index (χ3n) is 5.73. The van der Waals surface area contributed by atoms with Gasteiger partial charge in [-0.1, -0.05) is 0 Å². The van der Waals surface area contributed by atoms with Crippen molar-refractivity contribution in [2.75, 3.05) is 37.0 Å². The van der Waals surface area contributed by atoms with Crippen LogP contribution in [-0.2, 0) is 14.4 Å². The van der Waals surface area contributed by atoms with E-state index >= 15 is 0 Å². The number of carbonyl (C=O) groups is 4. The van der Waals surface area contributed by atoms with E-state index < -0.39 is 35.3 Å². The number of carbonyl (C=O) groups excluding carboxylic acids is 4. The molecule has 10 nitrogen and oxygen atoms in total. The minimum atomic E-state index is -0.608. The molecule has 0 spiro atoms. The maximum atomic E-state index is 13.1. The molecule has 0 aromatic heterocycles. The number of halogens is 2. The molecule has 3 aromatic carbocycles. The normalized spacial score (nSPS) is 13.7. The molecule has 13 heteroatoms. The largest absolute Gasteiger partial charge is 0.494 e. The van der Waals surface area contributed by atoms with Gasteiger partial charge >= 0.3 is 0 Å². The Balaban J connectivity index is 1.41. The van der Waals surface area contributed by atoms with Crippen LogP contribution in [0.15, 0.2) is 70.0 Å². The van der Waals surface area contributed by atoms with E-state index in [0.29, 0.717) is 51.3 Å². The Bertz CT molecular complexity index is 1550. The lowest BCUT2D eigenvalue weighted by Crippen LogP contribution is -2.36. The number of ether oxygens (including phenoxy) is 3. The first-order valence-corrected chi connectivity index (χ1v) is 14.7. The lowest BCUT2D eigenvalue weighted by atomic mass is 10.2. The van der Waals surface area contributed by atoms with E-state index in [1.54, 1.807) is 43.3 Å². The van der Waals surface area contributed by atoms with Gasteiger partial charge in [0, 0.05) is 11.4 Å². The van der Waals surface area contributed by atoms with E-state index in [4.69, 9.17) is 14.2 Å². The van der Waals surface area contributed by atoms with E-state index in [0.717, 1.165) is 4.90 Å². The minimum Gasteiger partial charge on any atom is -0.494 e. The second kappa shape index (κ2) is 14.7. The quantitative estimate of drug-likeness (QED) is 0.222. The van der Waals surface area contributed by atoms with Crippen LogP contribution in [0, 0.1) is 5.82 Å². The number of anilines is 2. The molecule has 0 aliphatic carbocycles. The molecule has 224 valence electrons. The smallest absolute Gasteiger partial charge is 0.294 e. The Morgan fingerprint density at radius 2 is 1.53 bits per heavy atom. The maximum absolute atomic E-state index is 13.1. The van der Waals surface area contributed by atoms with Gasteiger partial charge in [-0.25, -0.2) is 4.39 Å². The fourth-order valence-corrected chi connectivity index (χ4v) is 5.29. The summed E-state index contributed by atoms with van der Waals surface area (Å²) in [4.78, 5) is 51.5. The highest BCUT2D eigenvalue weighted by Gasteiger charge is 2.36. The lowest BCUT2D eigenvalue weighted by molar-refractivity contribution is -0.127. The van der Waals surface area contributed by atoms with Gasteiger partial charge in [0.25, 0.3) is 17.1 Å². The number of rotatable bonds is 12. The summed E-state index contributed by atoms with van der Waals surface area (Å²) in [6.07, 6.45) is 1.51. The Labute approximate surface area is 259 Å². The van der Waals surface area contributed by atoms with Gasteiger partial charge in [0.2, 0.25) is 5.91 Å². The summed E-state index contributed by atoms with van der Waals surface area (Å²) in [6.45, 7) is 3.63. The molecule has 1 saturated heterocycles. The van der Waals surface area contributed by atoms with E-state index in [2.05, 4.69) is 26.6 Å². The van der Waals surface area contributed by atoms with Crippen LogP contribution in [0.4, 0.5) is 20.6 Å². The molecule has 0 atom stereocenters. The zero-order valence-electron chi connectivity index (χ0n) is 23.1. The summed E-state index contributed by atoms with van der Waals surface area (Å²) in [7, 11) is 0. The van der Waals surface area contributed by atoms with E-state index in [1.165, 1.54) is 30.3 Å². The number of amides is 4. The highest BCUT2D eigenvalue weighted by molar-refractivity contribution is 9.10. The van der Waals surface area contributed by atoms with Crippen LogP contribution in [0.25, 0.3) is 6.08 Å². The van der Waals surface area contributed by atoms with Crippen LogP contribution in [0.2, 0.25) is 0 Å². The highest BCUT2D eigenvalue weighted by atomic mass is 79.9. The number of benzene rings is 3. The second-order valence-corrected chi connectivity index (χ2v) is 10.7. The fraction of sp³-hybridized carbons (Fsp3) is 0.200. The zero-order valence-corrected chi connectivity index (χ0v) is 25.6. The van der Waals surface area contributed by atoms with Crippen molar-refractivity contribution in [3.63, 3.8) is 0 Å². The molecule has 1 fully saturated rings. The van der Waals surface area contributed by atoms with Crippen molar-refractivity contribution in [1.82, 2.24) is 4.90 Å². The van der Waals surface area contributed by atoms with Crippen molar-refractivity contribution in [3.05, 3.63) is 81.4 Å². The standard InChI is InChI=1S/C30H27BrFN3O7S/c1-3-40-22-11-9-21(10-12-22)33-26(36)16-35-29(38)25(43-30(35)39)15-18-13-23(31)28(24(14-18)41-4-2)42-17-27(37)34-20-7-5-19(32)6-8-20/h5-15H,3-4,16-17H2,1-2H3,(H,33,36)(H,34,37)/b25-15+. The van der Waals surface area contributed by atoms with Crippen LogP contribution in [0.3, 0.4) is 0 Å². The van der Waals surface area contributed by atoms with Gasteiger partial charge in [-0.2, -0.15) is 0 Å². The predicted octanol–water partition coefficient (Wildman–Crippen LogP) is 6.08. The van der Waals surface area contributed by atoms with Crippen LogP contribution in [0.1, 0.15) is 19.4 Å². The number of hydrogen-bond donors (Lipinski definition) is 2. The van der Waals surface area contributed by atoms with Gasteiger partial charge in [-0.15, -0.1) is 0 Å². The lowest BCUT2D eigenvalue weighted by Gasteiger charge is -2.15. The van der Waals surface area contributed by atoms with Crippen molar-refractivity contribution in [1.29, 1.82) is 0 Å². The van der Waals surface area contributed by atoms with E-state index in [-0.39, 0.29) is 23.9 Å². The molecule has 2 N–H and O–H groups in total. The average Bonchev–Trinajstić information content (AvgIpc) is 3.22.